The normalized spacial score (nSPS) is 11.5. The second kappa shape index (κ2) is 6.49. The molecule has 1 amide bonds. The lowest BCUT2D eigenvalue weighted by atomic mass is 10.3. The van der Waals surface area contributed by atoms with Gasteiger partial charge >= 0.3 is 18.1 Å². The zero-order valence-corrected chi connectivity index (χ0v) is 13.0. The smallest absolute Gasteiger partial charge is 0.462 e. The molecule has 0 aliphatic rings. The first-order valence-corrected chi connectivity index (χ1v) is 7.42. The van der Waals surface area contributed by atoms with Gasteiger partial charge in [-0.15, -0.1) is 11.3 Å². The molecular formula is C13H12F3N3O3S. The maximum atomic E-state index is 12.8. The van der Waals surface area contributed by atoms with Gasteiger partial charge in [-0.3, -0.25) is 4.79 Å². The lowest BCUT2D eigenvalue weighted by Gasteiger charge is -2.22. The molecule has 0 aliphatic heterocycles. The highest BCUT2D eigenvalue weighted by Gasteiger charge is 2.44. The van der Waals surface area contributed by atoms with E-state index in [1.165, 1.54) is 19.3 Å². The van der Waals surface area contributed by atoms with Gasteiger partial charge in [0, 0.05) is 18.9 Å². The summed E-state index contributed by atoms with van der Waals surface area (Å²) in [6.45, 7) is 2.71. The van der Waals surface area contributed by atoms with Gasteiger partial charge in [-0.2, -0.15) is 13.2 Å². The predicted octanol–water partition coefficient (Wildman–Crippen LogP) is 2.78. The summed E-state index contributed by atoms with van der Waals surface area (Å²) in [6, 6.07) is 0. The summed E-state index contributed by atoms with van der Waals surface area (Å²) in [5.74, 6) is -2.89. The van der Waals surface area contributed by atoms with E-state index in [-0.39, 0.29) is 34.1 Å². The summed E-state index contributed by atoms with van der Waals surface area (Å²) in [6.07, 6.45) is -2.45. The van der Waals surface area contributed by atoms with Crippen LogP contribution in [-0.4, -0.2) is 41.2 Å². The number of carbonyl (C=O) groups excluding carboxylic acids is 2. The van der Waals surface area contributed by atoms with Crippen LogP contribution in [0.2, 0.25) is 0 Å². The highest BCUT2D eigenvalue weighted by Crippen LogP contribution is 2.38. The number of esters is 1. The van der Waals surface area contributed by atoms with Crippen LogP contribution in [0.25, 0.3) is 10.3 Å². The van der Waals surface area contributed by atoms with E-state index in [9.17, 15) is 22.8 Å². The molecule has 0 N–H and O–H groups in total. The number of anilines is 1. The minimum atomic E-state index is -5.07. The first-order valence-electron chi connectivity index (χ1n) is 6.60. The van der Waals surface area contributed by atoms with E-state index in [0.29, 0.717) is 4.90 Å². The third-order valence-corrected chi connectivity index (χ3v) is 3.89. The van der Waals surface area contributed by atoms with Crippen LogP contribution in [0.4, 0.5) is 18.9 Å². The number of halogens is 3. The van der Waals surface area contributed by atoms with Crippen molar-refractivity contribution in [1.82, 2.24) is 9.97 Å². The van der Waals surface area contributed by atoms with Crippen LogP contribution in [0.3, 0.4) is 0 Å². The van der Waals surface area contributed by atoms with Crippen molar-refractivity contribution in [1.29, 1.82) is 0 Å². The highest BCUT2D eigenvalue weighted by molar-refractivity contribution is 7.21. The fourth-order valence-corrected chi connectivity index (χ4v) is 2.96. The van der Waals surface area contributed by atoms with E-state index >= 15 is 0 Å². The molecule has 0 aliphatic carbocycles. The topological polar surface area (TPSA) is 72.4 Å². The number of hydrogen-bond donors (Lipinski definition) is 0. The van der Waals surface area contributed by atoms with Crippen LogP contribution in [-0.2, 0) is 9.53 Å². The number of fused-ring (bicyclic) bond motifs is 1. The highest BCUT2D eigenvalue weighted by atomic mass is 32.1. The number of ether oxygens (including phenoxy) is 1. The van der Waals surface area contributed by atoms with Gasteiger partial charge < -0.3 is 9.64 Å². The molecule has 0 unspecified atom stereocenters. The molecule has 0 atom stereocenters. The summed E-state index contributed by atoms with van der Waals surface area (Å²) in [5, 5.41) is 0. The van der Waals surface area contributed by atoms with Crippen molar-refractivity contribution < 1.29 is 27.5 Å². The SMILES string of the molecule is CCOC(=O)c1sc2nccnc2c1N(CC)C(=O)C(F)(F)F. The van der Waals surface area contributed by atoms with E-state index in [1.807, 2.05) is 0 Å². The number of hydrogen-bond acceptors (Lipinski definition) is 6. The van der Waals surface area contributed by atoms with Gasteiger partial charge in [0.15, 0.2) is 0 Å². The van der Waals surface area contributed by atoms with Crippen molar-refractivity contribution in [3.8, 4) is 0 Å². The lowest BCUT2D eigenvalue weighted by molar-refractivity contribution is -0.170. The summed E-state index contributed by atoms with van der Waals surface area (Å²) >= 11 is 0.834. The largest absolute Gasteiger partial charge is 0.471 e. The second-order valence-corrected chi connectivity index (χ2v) is 5.26. The molecule has 0 saturated carbocycles. The minimum Gasteiger partial charge on any atom is -0.462 e. The molecule has 2 aromatic rings. The number of rotatable bonds is 4. The molecule has 124 valence electrons. The molecule has 0 bridgehead atoms. The maximum absolute atomic E-state index is 12.8. The molecule has 2 rings (SSSR count). The van der Waals surface area contributed by atoms with Gasteiger partial charge in [-0.25, -0.2) is 14.8 Å². The number of alkyl halides is 3. The summed E-state index contributed by atoms with van der Waals surface area (Å²) < 4.78 is 43.3. The van der Waals surface area contributed by atoms with Crippen LogP contribution in [0, 0.1) is 0 Å². The molecule has 2 aromatic heterocycles. The van der Waals surface area contributed by atoms with Crippen molar-refractivity contribution in [3.63, 3.8) is 0 Å². The average Bonchev–Trinajstić information content (AvgIpc) is 2.87. The van der Waals surface area contributed by atoms with E-state index in [1.54, 1.807) is 6.92 Å². The molecule has 0 fully saturated rings. The maximum Gasteiger partial charge on any atom is 0.471 e. The van der Waals surface area contributed by atoms with Gasteiger partial charge in [0.05, 0.1) is 12.3 Å². The number of carbonyl (C=O) groups is 2. The predicted molar refractivity (Wildman–Crippen MR) is 77.5 cm³/mol. The first kappa shape index (κ1) is 17.1. The first-order chi connectivity index (χ1) is 10.8. The molecular weight excluding hydrogens is 335 g/mol. The van der Waals surface area contributed by atoms with Gasteiger partial charge in [0.1, 0.15) is 15.2 Å². The van der Waals surface area contributed by atoms with Gasteiger partial charge in [-0.1, -0.05) is 0 Å². The summed E-state index contributed by atoms with van der Waals surface area (Å²) in [5.41, 5.74) is -0.165. The Hall–Kier alpha value is -2.23. The van der Waals surface area contributed by atoms with E-state index in [4.69, 9.17) is 4.74 Å². The molecule has 0 spiro atoms. The Kier molecular flexibility index (Phi) is 4.83. The van der Waals surface area contributed by atoms with Gasteiger partial charge in [0.2, 0.25) is 0 Å². The zero-order valence-electron chi connectivity index (χ0n) is 12.2. The van der Waals surface area contributed by atoms with Crippen LogP contribution < -0.4 is 4.90 Å². The summed E-state index contributed by atoms with van der Waals surface area (Å²) in [4.78, 5) is 32.2. The Morgan fingerprint density at radius 3 is 2.48 bits per heavy atom. The van der Waals surface area contributed by atoms with Crippen LogP contribution in [0.15, 0.2) is 12.4 Å². The third-order valence-electron chi connectivity index (χ3n) is 2.84. The standard InChI is InChI=1S/C13H12F3N3O3S/c1-3-19(12(21)13(14,15)16)8-7-10(18-6-5-17-7)23-9(8)11(20)22-4-2/h5-6H,3-4H2,1-2H3. The molecule has 0 radical (unpaired) electrons. The second-order valence-electron chi connectivity index (χ2n) is 4.26. The molecule has 0 saturated heterocycles. The van der Waals surface area contributed by atoms with Gasteiger partial charge in [-0.05, 0) is 13.8 Å². The van der Waals surface area contributed by atoms with Crippen LogP contribution in [0.1, 0.15) is 23.5 Å². The van der Waals surface area contributed by atoms with E-state index in [2.05, 4.69) is 9.97 Å². The molecule has 2 heterocycles. The third kappa shape index (κ3) is 3.26. The van der Waals surface area contributed by atoms with Crippen LogP contribution >= 0.6 is 11.3 Å². The van der Waals surface area contributed by atoms with Crippen LogP contribution in [0.5, 0.6) is 0 Å². The monoisotopic (exact) mass is 347 g/mol. The number of amides is 1. The molecule has 23 heavy (non-hydrogen) atoms. The Morgan fingerprint density at radius 1 is 1.26 bits per heavy atom. The number of thiophene rings is 1. The zero-order chi connectivity index (χ0) is 17.2. The van der Waals surface area contributed by atoms with Crippen molar-refractivity contribution in [3.05, 3.63) is 17.3 Å². The molecule has 0 aromatic carbocycles. The molecule has 6 nitrogen and oxygen atoms in total. The average molecular weight is 347 g/mol. The van der Waals surface area contributed by atoms with Crippen molar-refractivity contribution in [2.75, 3.05) is 18.1 Å². The van der Waals surface area contributed by atoms with E-state index in [0.717, 1.165) is 11.3 Å². The van der Waals surface area contributed by atoms with Crippen molar-refractivity contribution in [2.24, 2.45) is 0 Å². The Labute approximate surface area is 132 Å². The lowest BCUT2D eigenvalue weighted by Crippen LogP contribution is -2.41. The quantitative estimate of drug-likeness (QED) is 0.795. The Balaban J connectivity index is 2.66. The fraction of sp³-hybridized carbons (Fsp3) is 0.385. The minimum absolute atomic E-state index is 0.0483. The summed E-state index contributed by atoms with van der Waals surface area (Å²) in [7, 11) is 0. The number of nitrogens with zero attached hydrogens (tertiary/aromatic N) is 3. The van der Waals surface area contributed by atoms with Gasteiger partial charge in [0.25, 0.3) is 0 Å². The van der Waals surface area contributed by atoms with E-state index < -0.39 is 18.1 Å². The van der Waals surface area contributed by atoms with Crippen molar-refractivity contribution in [2.45, 2.75) is 20.0 Å². The number of aromatic nitrogens is 2. The Bertz CT molecular complexity index is 745. The van der Waals surface area contributed by atoms with Crippen molar-refractivity contribution >= 4 is 39.2 Å². The fourth-order valence-electron chi connectivity index (χ4n) is 1.96. The Morgan fingerprint density at radius 2 is 1.91 bits per heavy atom. The molecule has 10 heteroatoms.